The Morgan fingerprint density at radius 3 is 2.72 bits per heavy atom. The van der Waals surface area contributed by atoms with Crippen LogP contribution in [0.2, 0.25) is 10.0 Å². The number of hydrogen-bond donors (Lipinski definition) is 0. The number of nitrogens with zero attached hydrogens (tertiary/aromatic N) is 3. The summed E-state index contributed by atoms with van der Waals surface area (Å²) in [6.07, 6.45) is 5.50. The average Bonchev–Trinajstić information content (AvgIpc) is 2.75. The van der Waals surface area contributed by atoms with Gasteiger partial charge in [-0.3, -0.25) is 4.40 Å². The Balaban J connectivity index is 2.16. The van der Waals surface area contributed by atoms with Gasteiger partial charge in [0.05, 0.1) is 20.2 Å². The monoisotopic (exact) mass is 341 g/mol. The van der Waals surface area contributed by atoms with Crippen LogP contribution < -0.4 is 0 Å². The third-order valence-corrected chi connectivity index (χ3v) is 3.64. The first-order valence-electron chi connectivity index (χ1n) is 5.09. The van der Waals surface area contributed by atoms with Crippen LogP contribution in [0.3, 0.4) is 0 Å². The Labute approximate surface area is 122 Å². The maximum Gasteiger partial charge on any atom is 0.234 e. The number of imidazole rings is 1. The van der Waals surface area contributed by atoms with Gasteiger partial charge in [-0.2, -0.15) is 0 Å². The van der Waals surface area contributed by atoms with Crippen LogP contribution in [0.15, 0.2) is 41.3 Å². The summed E-state index contributed by atoms with van der Waals surface area (Å²) in [5, 5.41) is 1.05. The summed E-state index contributed by atoms with van der Waals surface area (Å²) in [6.45, 7) is 0. The van der Waals surface area contributed by atoms with E-state index in [4.69, 9.17) is 23.2 Å². The molecule has 0 bridgehead atoms. The molecule has 1 aromatic carbocycles. The topological polar surface area (TPSA) is 30.2 Å². The lowest BCUT2D eigenvalue weighted by atomic mass is 10.2. The third kappa shape index (κ3) is 2.11. The standard InChI is InChI=1S/C12H6BrCl2N3/c13-8-4-16-12-17-11(6-18(12)5-8)7-1-2-9(14)10(15)3-7/h1-6H. The minimum atomic E-state index is 0.514. The first kappa shape index (κ1) is 12.0. The lowest BCUT2D eigenvalue weighted by molar-refractivity contribution is 1.10. The van der Waals surface area contributed by atoms with Crippen molar-refractivity contribution < 1.29 is 0 Å². The molecule has 2 aromatic heterocycles. The Morgan fingerprint density at radius 2 is 1.94 bits per heavy atom. The first-order valence-corrected chi connectivity index (χ1v) is 6.64. The molecule has 0 fully saturated rings. The second-order valence-corrected chi connectivity index (χ2v) is 5.46. The molecule has 3 aromatic rings. The largest absolute Gasteiger partial charge is 0.289 e. The van der Waals surface area contributed by atoms with E-state index in [1.165, 1.54) is 0 Å². The van der Waals surface area contributed by atoms with Crippen molar-refractivity contribution in [3.05, 3.63) is 51.3 Å². The molecule has 3 nitrogen and oxygen atoms in total. The maximum absolute atomic E-state index is 6.00. The summed E-state index contributed by atoms with van der Waals surface area (Å²) in [5.74, 6) is 0.638. The minimum Gasteiger partial charge on any atom is -0.289 e. The molecule has 18 heavy (non-hydrogen) atoms. The predicted octanol–water partition coefficient (Wildman–Crippen LogP) is 4.47. The molecular formula is C12H6BrCl2N3. The van der Waals surface area contributed by atoms with Crippen molar-refractivity contribution in [1.29, 1.82) is 0 Å². The average molecular weight is 343 g/mol. The van der Waals surface area contributed by atoms with Gasteiger partial charge in [-0.05, 0) is 28.1 Å². The minimum absolute atomic E-state index is 0.514. The molecule has 0 saturated heterocycles. The SMILES string of the molecule is Clc1ccc(-c2cn3cc(Br)cnc3n2)cc1Cl. The van der Waals surface area contributed by atoms with E-state index in [1.54, 1.807) is 18.3 Å². The summed E-state index contributed by atoms with van der Waals surface area (Å²) < 4.78 is 2.75. The molecule has 0 aliphatic heterocycles. The van der Waals surface area contributed by atoms with Crippen LogP contribution >= 0.6 is 39.1 Å². The first-order chi connectivity index (χ1) is 8.63. The molecule has 90 valence electrons. The van der Waals surface area contributed by atoms with Gasteiger partial charge >= 0.3 is 0 Å². The number of halogens is 3. The fourth-order valence-corrected chi connectivity index (χ4v) is 2.28. The van der Waals surface area contributed by atoms with E-state index in [1.807, 2.05) is 22.9 Å². The molecule has 0 unspecified atom stereocenters. The van der Waals surface area contributed by atoms with Crippen molar-refractivity contribution in [2.24, 2.45) is 0 Å². The molecule has 0 radical (unpaired) electrons. The van der Waals surface area contributed by atoms with Gasteiger partial charge in [-0.25, -0.2) is 9.97 Å². The molecule has 0 aliphatic carbocycles. The molecule has 0 saturated carbocycles. The van der Waals surface area contributed by atoms with Crippen molar-refractivity contribution in [3.63, 3.8) is 0 Å². The zero-order chi connectivity index (χ0) is 12.7. The van der Waals surface area contributed by atoms with Gasteiger partial charge in [0.15, 0.2) is 0 Å². The smallest absolute Gasteiger partial charge is 0.234 e. The van der Waals surface area contributed by atoms with E-state index in [0.29, 0.717) is 15.8 Å². The number of aromatic nitrogens is 3. The number of fused-ring (bicyclic) bond motifs is 1. The third-order valence-electron chi connectivity index (χ3n) is 2.49. The fourth-order valence-electron chi connectivity index (χ4n) is 1.65. The van der Waals surface area contributed by atoms with E-state index < -0.39 is 0 Å². The van der Waals surface area contributed by atoms with Crippen molar-refractivity contribution in [1.82, 2.24) is 14.4 Å². The normalized spacial score (nSPS) is 11.1. The van der Waals surface area contributed by atoms with E-state index in [0.717, 1.165) is 15.7 Å². The highest BCUT2D eigenvalue weighted by molar-refractivity contribution is 9.10. The van der Waals surface area contributed by atoms with Crippen molar-refractivity contribution in [2.75, 3.05) is 0 Å². The van der Waals surface area contributed by atoms with Crippen molar-refractivity contribution in [3.8, 4) is 11.3 Å². The Bertz CT molecular complexity index is 739. The lowest BCUT2D eigenvalue weighted by Gasteiger charge is -1.98. The van der Waals surface area contributed by atoms with Crippen LogP contribution in [-0.2, 0) is 0 Å². The number of benzene rings is 1. The molecule has 0 atom stereocenters. The molecule has 0 spiro atoms. The Morgan fingerprint density at radius 1 is 1.11 bits per heavy atom. The zero-order valence-corrected chi connectivity index (χ0v) is 12.0. The summed E-state index contributed by atoms with van der Waals surface area (Å²) in [4.78, 5) is 8.64. The van der Waals surface area contributed by atoms with E-state index in [9.17, 15) is 0 Å². The molecule has 2 heterocycles. The summed E-state index contributed by atoms with van der Waals surface area (Å²) >= 11 is 15.3. The van der Waals surface area contributed by atoms with Crippen LogP contribution in [-0.4, -0.2) is 14.4 Å². The Kier molecular flexibility index (Phi) is 3.01. The molecule has 6 heteroatoms. The van der Waals surface area contributed by atoms with Crippen LogP contribution in [0.4, 0.5) is 0 Å². The van der Waals surface area contributed by atoms with Crippen LogP contribution in [0, 0.1) is 0 Å². The highest BCUT2D eigenvalue weighted by Gasteiger charge is 2.07. The van der Waals surface area contributed by atoms with Gasteiger partial charge in [0.2, 0.25) is 5.78 Å². The van der Waals surface area contributed by atoms with Crippen molar-refractivity contribution in [2.45, 2.75) is 0 Å². The fraction of sp³-hybridized carbons (Fsp3) is 0. The van der Waals surface area contributed by atoms with Gasteiger partial charge in [0.1, 0.15) is 0 Å². The molecule has 0 N–H and O–H groups in total. The van der Waals surface area contributed by atoms with E-state index in [2.05, 4.69) is 25.9 Å². The van der Waals surface area contributed by atoms with Crippen LogP contribution in [0.25, 0.3) is 17.0 Å². The zero-order valence-electron chi connectivity index (χ0n) is 8.94. The molecule has 3 rings (SSSR count). The Hall–Kier alpha value is -1.10. The summed E-state index contributed by atoms with van der Waals surface area (Å²) in [6, 6.07) is 5.43. The van der Waals surface area contributed by atoms with Crippen LogP contribution in [0.1, 0.15) is 0 Å². The summed E-state index contributed by atoms with van der Waals surface area (Å²) in [5.41, 5.74) is 1.71. The van der Waals surface area contributed by atoms with Gasteiger partial charge in [-0.15, -0.1) is 0 Å². The van der Waals surface area contributed by atoms with Gasteiger partial charge in [0.25, 0.3) is 0 Å². The van der Waals surface area contributed by atoms with E-state index >= 15 is 0 Å². The number of hydrogen-bond acceptors (Lipinski definition) is 2. The van der Waals surface area contributed by atoms with Crippen LogP contribution in [0.5, 0.6) is 0 Å². The summed E-state index contributed by atoms with van der Waals surface area (Å²) in [7, 11) is 0. The molecule has 0 amide bonds. The lowest BCUT2D eigenvalue weighted by Crippen LogP contribution is -1.85. The molecular weight excluding hydrogens is 337 g/mol. The second kappa shape index (κ2) is 4.53. The quantitative estimate of drug-likeness (QED) is 0.653. The predicted molar refractivity (Wildman–Crippen MR) is 76.1 cm³/mol. The number of rotatable bonds is 1. The maximum atomic E-state index is 6.00. The van der Waals surface area contributed by atoms with Crippen molar-refractivity contribution >= 4 is 44.9 Å². The van der Waals surface area contributed by atoms with Gasteiger partial charge < -0.3 is 0 Å². The highest BCUT2D eigenvalue weighted by atomic mass is 79.9. The van der Waals surface area contributed by atoms with Gasteiger partial charge in [-0.1, -0.05) is 29.3 Å². The van der Waals surface area contributed by atoms with Gasteiger partial charge in [0, 0.05) is 24.2 Å². The second-order valence-electron chi connectivity index (χ2n) is 3.73. The highest BCUT2D eigenvalue weighted by Crippen LogP contribution is 2.28. The van der Waals surface area contributed by atoms with E-state index in [-0.39, 0.29) is 0 Å². The molecule has 0 aliphatic rings.